The van der Waals surface area contributed by atoms with Crippen molar-refractivity contribution in [1.82, 2.24) is 4.90 Å². The van der Waals surface area contributed by atoms with E-state index in [1.807, 2.05) is 73.3 Å². The number of ether oxygens (including phenoxy) is 1. The molecular weight excluding hydrogens is 352 g/mol. The Morgan fingerprint density at radius 3 is 2.04 bits per heavy atom. The van der Waals surface area contributed by atoms with Crippen molar-refractivity contribution < 1.29 is 14.3 Å². The van der Waals surface area contributed by atoms with Gasteiger partial charge >= 0.3 is 0 Å². The van der Waals surface area contributed by atoms with E-state index in [0.29, 0.717) is 25.4 Å². The zero-order valence-electron chi connectivity index (χ0n) is 17.1. The summed E-state index contributed by atoms with van der Waals surface area (Å²) in [6.45, 7) is 7.55. The van der Waals surface area contributed by atoms with Crippen LogP contribution < -0.4 is 9.64 Å². The molecule has 0 aromatic heterocycles. The van der Waals surface area contributed by atoms with Crippen LogP contribution in [0.3, 0.4) is 0 Å². The summed E-state index contributed by atoms with van der Waals surface area (Å²) < 4.78 is 5.79. The topological polar surface area (TPSA) is 49.9 Å². The summed E-state index contributed by atoms with van der Waals surface area (Å²) in [5, 5.41) is 0. The number of hydrogen-bond donors (Lipinski definition) is 0. The van der Waals surface area contributed by atoms with Gasteiger partial charge in [-0.15, -0.1) is 0 Å². The molecule has 2 rings (SSSR count). The molecule has 0 atom stereocenters. The Balaban J connectivity index is 2.02. The van der Waals surface area contributed by atoms with Gasteiger partial charge in [-0.2, -0.15) is 0 Å². The van der Waals surface area contributed by atoms with Gasteiger partial charge in [0.05, 0.1) is 0 Å². The van der Waals surface area contributed by atoms with Crippen molar-refractivity contribution in [2.24, 2.45) is 0 Å². The maximum Gasteiger partial charge on any atom is 0.242 e. The number of hydrogen-bond acceptors (Lipinski definition) is 3. The molecule has 0 unspecified atom stereocenters. The third kappa shape index (κ3) is 6.41. The van der Waals surface area contributed by atoms with Crippen LogP contribution in [0.2, 0.25) is 0 Å². The van der Waals surface area contributed by atoms with Gasteiger partial charge in [0.15, 0.2) is 0 Å². The molecule has 0 fully saturated rings. The predicted molar refractivity (Wildman–Crippen MR) is 112 cm³/mol. The Labute approximate surface area is 167 Å². The summed E-state index contributed by atoms with van der Waals surface area (Å²) in [6.07, 6.45) is 1.80. The lowest BCUT2D eigenvalue weighted by Crippen LogP contribution is -2.43. The fourth-order valence-electron chi connectivity index (χ4n) is 2.98. The van der Waals surface area contributed by atoms with Gasteiger partial charge in [-0.05, 0) is 42.7 Å². The Hall–Kier alpha value is -2.82. The minimum Gasteiger partial charge on any atom is -0.489 e. The molecule has 2 amide bonds. The van der Waals surface area contributed by atoms with Crippen molar-refractivity contribution in [3.63, 3.8) is 0 Å². The number of carbonyl (C=O) groups excluding carboxylic acids is 2. The number of amides is 2. The molecule has 0 aliphatic carbocycles. The number of nitrogens with zero attached hydrogens (tertiary/aromatic N) is 2. The molecule has 0 saturated heterocycles. The Morgan fingerprint density at radius 2 is 1.50 bits per heavy atom. The van der Waals surface area contributed by atoms with E-state index in [1.165, 1.54) is 11.8 Å². The van der Waals surface area contributed by atoms with Gasteiger partial charge in [0.1, 0.15) is 18.9 Å². The van der Waals surface area contributed by atoms with Crippen LogP contribution in [-0.2, 0) is 16.2 Å². The maximum atomic E-state index is 12.6. The summed E-state index contributed by atoms with van der Waals surface area (Å²) in [5.41, 5.74) is 1.79. The molecule has 0 aliphatic heterocycles. The van der Waals surface area contributed by atoms with Gasteiger partial charge < -0.3 is 14.5 Å². The SMILES string of the molecule is CCCN(CCC)C(=O)CN(C(C)=O)c1ccc(OCc2ccccc2)cc1. The Bertz CT molecular complexity index is 738. The summed E-state index contributed by atoms with van der Waals surface area (Å²) in [4.78, 5) is 28.1. The van der Waals surface area contributed by atoms with Crippen LogP contribution in [-0.4, -0.2) is 36.3 Å². The van der Waals surface area contributed by atoms with Crippen LogP contribution in [0.5, 0.6) is 5.75 Å². The minimum absolute atomic E-state index is 0.0247. The van der Waals surface area contributed by atoms with E-state index in [0.717, 1.165) is 24.2 Å². The molecule has 150 valence electrons. The van der Waals surface area contributed by atoms with E-state index >= 15 is 0 Å². The van der Waals surface area contributed by atoms with E-state index < -0.39 is 0 Å². The van der Waals surface area contributed by atoms with E-state index in [2.05, 4.69) is 0 Å². The first kappa shape index (κ1) is 21.5. The third-order valence-corrected chi connectivity index (χ3v) is 4.41. The Kier molecular flexibility index (Phi) is 8.53. The first-order valence-electron chi connectivity index (χ1n) is 9.87. The summed E-state index contributed by atoms with van der Waals surface area (Å²) in [5.74, 6) is 0.545. The average Bonchev–Trinajstić information content (AvgIpc) is 2.71. The molecule has 0 spiro atoms. The zero-order valence-corrected chi connectivity index (χ0v) is 17.1. The first-order valence-corrected chi connectivity index (χ1v) is 9.87. The quantitative estimate of drug-likeness (QED) is 0.617. The van der Waals surface area contributed by atoms with Crippen LogP contribution >= 0.6 is 0 Å². The van der Waals surface area contributed by atoms with Crippen LogP contribution in [0.1, 0.15) is 39.2 Å². The molecule has 5 heteroatoms. The highest BCUT2D eigenvalue weighted by molar-refractivity contribution is 5.97. The van der Waals surface area contributed by atoms with Crippen molar-refractivity contribution in [2.45, 2.75) is 40.2 Å². The number of rotatable bonds is 10. The van der Waals surface area contributed by atoms with Gasteiger partial charge in [0, 0.05) is 25.7 Å². The van der Waals surface area contributed by atoms with E-state index in [4.69, 9.17) is 4.74 Å². The molecule has 28 heavy (non-hydrogen) atoms. The van der Waals surface area contributed by atoms with Crippen LogP contribution in [0, 0.1) is 0 Å². The summed E-state index contributed by atoms with van der Waals surface area (Å²) >= 11 is 0. The lowest BCUT2D eigenvalue weighted by molar-refractivity contribution is -0.131. The molecule has 0 aliphatic rings. The van der Waals surface area contributed by atoms with Crippen molar-refractivity contribution in [3.8, 4) is 5.75 Å². The molecule has 0 radical (unpaired) electrons. The van der Waals surface area contributed by atoms with Crippen LogP contribution in [0.25, 0.3) is 0 Å². The predicted octanol–water partition coefficient (Wildman–Crippen LogP) is 4.27. The fraction of sp³-hybridized carbons (Fsp3) is 0.391. The fourth-order valence-corrected chi connectivity index (χ4v) is 2.98. The second-order valence-electron chi connectivity index (χ2n) is 6.75. The second-order valence-corrected chi connectivity index (χ2v) is 6.75. The van der Waals surface area contributed by atoms with Crippen LogP contribution in [0.15, 0.2) is 54.6 Å². The molecule has 2 aromatic rings. The molecular formula is C23H30N2O3. The van der Waals surface area contributed by atoms with E-state index in [1.54, 1.807) is 0 Å². The van der Waals surface area contributed by atoms with Gasteiger partial charge in [-0.3, -0.25) is 9.59 Å². The highest BCUT2D eigenvalue weighted by Gasteiger charge is 2.19. The highest BCUT2D eigenvalue weighted by atomic mass is 16.5. The van der Waals surface area contributed by atoms with Gasteiger partial charge in [0.25, 0.3) is 0 Å². The number of carbonyl (C=O) groups is 2. The standard InChI is InChI=1S/C23H30N2O3/c1-4-15-24(16-5-2)23(27)17-25(19(3)26)21-11-13-22(14-12-21)28-18-20-9-7-6-8-10-20/h6-14H,4-5,15-18H2,1-3H3. The van der Waals surface area contributed by atoms with Crippen molar-refractivity contribution >= 4 is 17.5 Å². The van der Waals surface area contributed by atoms with E-state index in [9.17, 15) is 9.59 Å². The highest BCUT2D eigenvalue weighted by Crippen LogP contribution is 2.21. The van der Waals surface area contributed by atoms with Crippen molar-refractivity contribution in [3.05, 3.63) is 60.2 Å². The smallest absolute Gasteiger partial charge is 0.242 e. The third-order valence-electron chi connectivity index (χ3n) is 4.41. The summed E-state index contributed by atoms with van der Waals surface area (Å²) in [7, 11) is 0. The van der Waals surface area contributed by atoms with Crippen molar-refractivity contribution in [1.29, 1.82) is 0 Å². The monoisotopic (exact) mass is 382 g/mol. The second kappa shape index (κ2) is 11.1. The van der Waals surface area contributed by atoms with Gasteiger partial charge in [0.2, 0.25) is 11.8 Å². The molecule has 0 N–H and O–H groups in total. The normalized spacial score (nSPS) is 10.4. The average molecular weight is 383 g/mol. The van der Waals surface area contributed by atoms with Crippen molar-refractivity contribution in [2.75, 3.05) is 24.5 Å². The maximum absolute atomic E-state index is 12.6. The van der Waals surface area contributed by atoms with Gasteiger partial charge in [-0.1, -0.05) is 44.2 Å². The largest absolute Gasteiger partial charge is 0.489 e. The lowest BCUT2D eigenvalue weighted by Gasteiger charge is -2.26. The zero-order chi connectivity index (χ0) is 20.4. The molecule has 5 nitrogen and oxygen atoms in total. The molecule has 0 heterocycles. The molecule has 2 aromatic carbocycles. The van der Waals surface area contributed by atoms with Gasteiger partial charge in [-0.25, -0.2) is 0 Å². The summed E-state index contributed by atoms with van der Waals surface area (Å²) in [6, 6.07) is 17.2. The lowest BCUT2D eigenvalue weighted by atomic mass is 10.2. The first-order chi connectivity index (χ1) is 13.5. The Morgan fingerprint density at radius 1 is 0.893 bits per heavy atom. The minimum atomic E-state index is -0.153. The van der Waals surface area contributed by atoms with E-state index in [-0.39, 0.29) is 18.4 Å². The molecule has 0 bridgehead atoms. The van der Waals surface area contributed by atoms with Crippen LogP contribution in [0.4, 0.5) is 5.69 Å². The number of anilines is 1. The molecule has 0 saturated carbocycles. The number of benzene rings is 2.